The summed E-state index contributed by atoms with van der Waals surface area (Å²) in [5.41, 5.74) is 4.60. The van der Waals surface area contributed by atoms with Crippen LogP contribution in [0.1, 0.15) is 104 Å². The molecule has 2 aromatic carbocycles. The van der Waals surface area contributed by atoms with Crippen molar-refractivity contribution in [2.24, 2.45) is 17.3 Å². The first-order chi connectivity index (χ1) is 20.2. The van der Waals surface area contributed by atoms with Gasteiger partial charge in [0, 0.05) is 38.0 Å². The molecule has 0 bridgehead atoms. The fourth-order valence-electron chi connectivity index (χ4n) is 5.28. The summed E-state index contributed by atoms with van der Waals surface area (Å²) in [6, 6.07) is 14.4. The van der Waals surface area contributed by atoms with Crippen LogP contribution in [0.4, 0.5) is 0 Å². The smallest absolute Gasteiger partial charge is 0.162 e. The molecule has 4 rings (SSSR count). The number of hydrogen-bond donors (Lipinski definition) is 1. The number of carbonyl (C=O) groups is 1. The molecule has 2 heterocycles. The minimum Gasteiger partial charge on any atom is -0.512 e. The largest absolute Gasteiger partial charge is 0.512 e. The third-order valence-corrected chi connectivity index (χ3v) is 10.8. The van der Waals surface area contributed by atoms with Crippen molar-refractivity contribution in [2.45, 2.75) is 107 Å². The van der Waals surface area contributed by atoms with E-state index in [4.69, 9.17) is 9.97 Å². The van der Waals surface area contributed by atoms with Crippen LogP contribution in [0.2, 0.25) is 0 Å². The molecule has 0 atom stereocenters. The van der Waals surface area contributed by atoms with E-state index in [1.165, 1.54) is 24.1 Å². The molecule has 44 heavy (non-hydrogen) atoms. The van der Waals surface area contributed by atoms with Crippen molar-refractivity contribution in [2.75, 3.05) is 0 Å². The minimum absolute atomic E-state index is 0. The molecule has 0 saturated carbocycles. The van der Waals surface area contributed by atoms with E-state index in [1.54, 1.807) is 6.33 Å². The van der Waals surface area contributed by atoms with E-state index in [2.05, 4.69) is 82.9 Å². The Morgan fingerprint density at radius 1 is 0.955 bits per heavy atom. The molecular formula is C37H50IrN3O2Te-. The van der Waals surface area contributed by atoms with Crippen LogP contribution in [0.3, 0.4) is 0 Å². The summed E-state index contributed by atoms with van der Waals surface area (Å²) in [5.74, 6) is 0.547. The van der Waals surface area contributed by atoms with Crippen molar-refractivity contribution < 1.29 is 30.0 Å². The molecule has 7 heteroatoms. The molecule has 0 amide bonds. The Morgan fingerprint density at radius 2 is 1.57 bits per heavy atom. The first-order valence-electron chi connectivity index (χ1n) is 15.7. The summed E-state index contributed by atoms with van der Waals surface area (Å²) in [4.78, 5) is 25.8. The zero-order valence-corrected chi connectivity index (χ0v) is 32.9. The maximum Gasteiger partial charge on any atom is 0.162 e. The molecule has 5 nitrogen and oxygen atoms in total. The summed E-state index contributed by atoms with van der Waals surface area (Å²) in [6.07, 6.45) is 7.59. The number of carbonyl (C=O) groups excluding carboxylic acids is 1. The quantitative estimate of drug-likeness (QED) is 0.0785. The monoisotopic (exact) mass is 891 g/mol. The average molecular weight is 889 g/mol. The number of benzene rings is 2. The van der Waals surface area contributed by atoms with Gasteiger partial charge in [-0.05, 0) is 25.7 Å². The number of ketones is 1. The molecule has 4 aromatic rings. The van der Waals surface area contributed by atoms with Gasteiger partial charge in [0.05, 0.1) is 5.76 Å². The van der Waals surface area contributed by atoms with Gasteiger partial charge < -0.3 is 5.11 Å². The SMILES string of the molecule is CC(C)(C)Cc1nc2ncnc(-c3[c-]c4ccccc4c(C(C)(C)C)c3)c2[te]1.CCC(CC)C(=O)/C=C(\O)C(CC)CC.[Ir]. The van der Waals surface area contributed by atoms with Gasteiger partial charge in [-0.25, -0.2) is 0 Å². The van der Waals surface area contributed by atoms with Crippen LogP contribution >= 0.6 is 0 Å². The van der Waals surface area contributed by atoms with Crippen molar-refractivity contribution >= 4 is 46.0 Å². The summed E-state index contributed by atoms with van der Waals surface area (Å²) >= 11 is -0.546. The molecule has 2 aromatic heterocycles. The fourth-order valence-corrected chi connectivity index (χ4v) is 9.05. The van der Waals surface area contributed by atoms with Gasteiger partial charge in [0.15, 0.2) is 5.78 Å². The molecule has 1 radical (unpaired) electrons. The molecule has 241 valence electrons. The van der Waals surface area contributed by atoms with E-state index >= 15 is 0 Å². The molecular weight excluding hydrogens is 838 g/mol. The van der Waals surface area contributed by atoms with Crippen LogP contribution in [0.5, 0.6) is 0 Å². The molecule has 0 saturated heterocycles. The molecule has 1 N–H and O–H groups in total. The topological polar surface area (TPSA) is 76.0 Å². The van der Waals surface area contributed by atoms with Crippen LogP contribution in [0.15, 0.2) is 48.5 Å². The molecule has 0 aliphatic carbocycles. The van der Waals surface area contributed by atoms with Gasteiger partial charge in [-0.2, -0.15) is 0 Å². The third kappa shape index (κ3) is 10.1. The average Bonchev–Trinajstić information content (AvgIpc) is 3.34. The molecule has 0 unspecified atom stereocenters. The first-order valence-corrected chi connectivity index (χ1v) is 18.1. The van der Waals surface area contributed by atoms with E-state index in [0.717, 1.165) is 54.4 Å². The van der Waals surface area contributed by atoms with E-state index in [-0.39, 0.29) is 54.3 Å². The van der Waals surface area contributed by atoms with Gasteiger partial charge in [0.25, 0.3) is 0 Å². The normalized spacial score (nSPS) is 12.4. The minimum atomic E-state index is -0.546. The number of aliphatic hydroxyl groups is 1. The van der Waals surface area contributed by atoms with Gasteiger partial charge in [-0.1, -0.05) is 27.7 Å². The van der Waals surface area contributed by atoms with Crippen LogP contribution in [-0.4, -0.2) is 46.3 Å². The summed E-state index contributed by atoms with van der Waals surface area (Å²) < 4.78 is 2.59. The Morgan fingerprint density at radius 3 is 2.14 bits per heavy atom. The second kappa shape index (κ2) is 16.6. The number of allylic oxidation sites excluding steroid dienone is 2. The van der Waals surface area contributed by atoms with Gasteiger partial charge in [0.2, 0.25) is 0 Å². The number of aliphatic hydroxyl groups excluding tert-OH is 1. The fraction of sp³-hybridized carbons (Fsp3) is 0.514. The molecule has 0 aliphatic heterocycles. The Bertz CT molecular complexity index is 1550. The third-order valence-electron chi connectivity index (χ3n) is 7.84. The van der Waals surface area contributed by atoms with E-state index in [9.17, 15) is 9.90 Å². The van der Waals surface area contributed by atoms with Gasteiger partial charge in [-0.15, -0.1) is 0 Å². The van der Waals surface area contributed by atoms with Gasteiger partial charge in [0.1, 0.15) is 0 Å². The number of aromatic nitrogens is 3. The first kappa shape index (κ1) is 38.3. The standard InChI is InChI=1S/C24H26N3Te.C13H24O2.Ir/c1-23(2,3)13-19-27-22-21(28-19)20(25-14-26-22)16-11-15-9-7-8-10-17(15)18(12-16)24(4,5)6;1-5-10(6-2)12(14)9-13(15)11(7-3)8-4;/h7-10,12,14H,13H2,1-6H3;9-11,14H,5-8H2,1-4H3;/q-1;;/b;12-9-;. The van der Waals surface area contributed by atoms with Crippen LogP contribution in [0, 0.1) is 23.3 Å². The summed E-state index contributed by atoms with van der Waals surface area (Å²) in [6.45, 7) is 21.7. The number of rotatable bonds is 9. The van der Waals surface area contributed by atoms with Crippen molar-refractivity contribution in [3.8, 4) is 11.3 Å². The molecule has 0 fully saturated rings. The summed E-state index contributed by atoms with van der Waals surface area (Å²) in [7, 11) is 0. The Labute approximate surface area is 288 Å². The predicted octanol–water partition coefficient (Wildman–Crippen LogP) is 9.46. The second-order valence-corrected chi connectivity index (χ2v) is 16.7. The maximum absolute atomic E-state index is 11.7. The Hall–Kier alpha value is -1.90. The van der Waals surface area contributed by atoms with E-state index in [0.29, 0.717) is 0 Å². The molecule has 0 spiro atoms. The second-order valence-electron chi connectivity index (χ2n) is 13.6. The van der Waals surface area contributed by atoms with E-state index in [1.807, 2.05) is 27.7 Å². The Kier molecular flexibility index (Phi) is 14.4. The number of fused-ring (bicyclic) bond motifs is 2. The van der Waals surface area contributed by atoms with Crippen LogP contribution in [0.25, 0.3) is 31.1 Å². The zero-order chi connectivity index (χ0) is 31.9. The van der Waals surface area contributed by atoms with Crippen molar-refractivity contribution in [3.63, 3.8) is 0 Å². The van der Waals surface area contributed by atoms with Crippen molar-refractivity contribution in [1.82, 2.24) is 15.0 Å². The summed E-state index contributed by atoms with van der Waals surface area (Å²) in [5, 5.41) is 12.2. The van der Waals surface area contributed by atoms with E-state index < -0.39 is 20.4 Å². The number of hydrogen-bond acceptors (Lipinski definition) is 5. The Balaban J connectivity index is 0.000000363. The van der Waals surface area contributed by atoms with Crippen molar-refractivity contribution in [3.05, 3.63) is 63.8 Å². The van der Waals surface area contributed by atoms with Crippen molar-refractivity contribution in [1.29, 1.82) is 0 Å². The van der Waals surface area contributed by atoms with Crippen LogP contribution < -0.4 is 0 Å². The maximum atomic E-state index is 11.7. The predicted molar refractivity (Wildman–Crippen MR) is 182 cm³/mol. The number of nitrogens with zero attached hydrogens (tertiary/aromatic N) is 3. The van der Waals surface area contributed by atoms with Crippen LogP contribution in [-0.2, 0) is 36.7 Å². The van der Waals surface area contributed by atoms with Gasteiger partial charge in [-0.3, -0.25) is 4.79 Å². The zero-order valence-electron chi connectivity index (χ0n) is 28.2. The molecule has 0 aliphatic rings. The van der Waals surface area contributed by atoms with Gasteiger partial charge >= 0.3 is 177 Å².